The van der Waals surface area contributed by atoms with E-state index >= 15 is 0 Å². The van der Waals surface area contributed by atoms with Crippen LogP contribution < -0.4 is 5.73 Å². The maximum atomic E-state index is 11.6. The van der Waals surface area contributed by atoms with Crippen LogP contribution in [0.25, 0.3) is 0 Å². The van der Waals surface area contributed by atoms with Gasteiger partial charge in [-0.2, -0.15) is 5.10 Å². The molecule has 0 aliphatic heterocycles. The number of hydrogen-bond acceptors (Lipinski definition) is 3. The summed E-state index contributed by atoms with van der Waals surface area (Å²) in [6, 6.07) is 2.04. The summed E-state index contributed by atoms with van der Waals surface area (Å²) in [7, 11) is -0.857. The van der Waals surface area contributed by atoms with Crippen molar-refractivity contribution in [3.05, 3.63) is 17.5 Å². The van der Waals surface area contributed by atoms with E-state index in [0.29, 0.717) is 18.1 Å². The molecule has 0 bridgehead atoms. The summed E-state index contributed by atoms with van der Waals surface area (Å²) in [4.78, 5) is 0. The summed E-state index contributed by atoms with van der Waals surface area (Å²) in [6.45, 7) is 5.42. The van der Waals surface area contributed by atoms with Gasteiger partial charge in [-0.25, -0.2) is 0 Å². The number of hydrogen-bond donors (Lipinski definition) is 1. The van der Waals surface area contributed by atoms with Crippen LogP contribution in [-0.2, 0) is 29.5 Å². The van der Waals surface area contributed by atoms with Gasteiger partial charge in [0.2, 0.25) is 0 Å². The van der Waals surface area contributed by atoms with Crippen molar-refractivity contribution in [2.45, 2.75) is 32.6 Å². The summed E-state index contributed by atoms with van der Waals surface area (Å²) < 4.78 is 13.5. The molecule has 2 N–H and O–H groups in total. The van der Waals surface area contributed by atoms with E-state index in [9.17, 15) is 4.21 Å². The van der Waals surface area contributed by atoms with Crippen molar-refractivity contribution in [3.63, 3.8) is 0 Å². The third-order valence-electron chi connectivity index (χ3n) is 2.23. The van der Waals surface area contributed by atoms with Crippen molar-refractivity contribution in [2.24, 2.45) is 5.73 Å². The summed E-state index contributed by atoms with van der Waals surface area (Å²) in [5.41, 5.74) is 7.49. The van der Waals surface area contributed by atoms with Crippen LogP contribution in [0.5, 0.6) is 0 Å². The van der Waals surface area contributed by atoms with Crippen molar-refractivity contribution in [2.75, 3.05) is 12.3 Å². The highest BCUT2D eigenvalue weighted by molar-refractivity contribution is 7.84. The second kappa shape index (κ2) is 6.02. The lowest BCUT2D eigenvalue weighted by atomic mass is 10.3. The Morgan fingerprint density at radius 3 is 2.80 bits per heavy atom. The molecule has 1 aromatic heterocycles. The van der Waals surface area contributed by atoms with Gasteiger partial charge in [0.05, 0.1) is 17.1 Å². The highest BCUT2D eigenvalue weighted by Gasteiger charge is 2.08. The largest absolute Gasteiger partial charge is 0.330 e. The number of nitrogens with two attached hydrogens (primary N) is 1. The van der Waals surface area contributed by atoms with Gasteiger partial charge in [-0.05, 0) is 19.4 Å². The van der Waals surface area contributed by atoms with Gasteiger partial charge in [0.1, 0.15) is 0 Å². The first kappa shape index (κ1) is 12.4. The van der Waals surface area contributed by atoms with Crippen LogP contribution in [-0.4, -0.2) is 26.3 Å². The van der Waals surface area contributed by atoms with Crippen molar-refractivity contribution in [3.8, 4) is 0 Å². The van der Waals surface area contributed by atoms with Gasteiger partial charge < -0.3 is 5.73 Å². The summed E-state index contributed by atoms with van der Waals surface area (Å²) in [5, 5.41) is 4.41. The fourth-order valence-corrected chi connectivity index (χ4v) is 2.42. The van der Waals surface area contributed by atoms with Crippen molar-refractivity contribution >= 4 is 10.8 Å². The highest BCUT2D eigenvalue weighted by Crippen LogP contribution is 2.08. The zero-order valence-electron chi connectivity index (χ0n) is 9.40. The Hall–Kier alpha value is -0.680. The average molecular weight is 229 g/mol. The predicted molar refractivity (Wildman–Crippen MR) is 63.0 cm³/mol. The first-order valence-electron chi connectivity index (χ1n) is 5.31. The van der Waals surface area contributed by atoms with Crippen LogP contribution in [0.3, 0.4) is 0 Å². The fourth-order valence-electron chi connectivity index (χ4n) is 1.45. The lowest BCUT2D eigenvalue weighted by molar-refractivity contribution is 0.623. The number of nitrogens with zero attached hydrogens (tertiary/aromatic N) is 2. The molecule has 86 valence electrons. The van der Waals surface area contributed by atoms with E-state index in [-0.39, 0.29) is 0 Å². The van der Waals surface area contributed by atoms with E-state index < -0.39 is 10.8 Å². The van der Waals surface area contributed by atoms with Gasteiger partial charge in [0.15, 0.2) is 0 Å². The minimum absolute atomic E-state index is 0.480. The molecular weight excluding hydrogens is 210 g/mol. The predicted octanol–water partition coefficient (Wildman–Crippen LogP) is 0.673. The molecule has 5 heteroatoms. The Morgan fingerprint density at radius 2 is 2.27 bits per heavy atom. The van der Waals surface area contributed by atoms with Crippen molar-refractivity contribution in [1.29, 1.82) is 0 Å². The van der Waals surface area contributed by atoms with Gasteiger partial charge >= 0.3 is 0 Å². The normalized spacial score (nSPS) is 13.0. The molecule has 1 unspecified atom stereocenters. The molecule has 0 radical (unpaired) electrons. The molecule has 0 aliphatic carbocycles. The van der Waals surface area contributed by atoms with Crippen LogP contribution in [0.4, 0.5) is 0 Å². The van der Waals surface area contributed by atoms with Gasteiger partial charge in [0.25, 0.3) is 0 Å². The Balaban J connectivity index is 2.74. The molecule has 0 spiro atoms. The van der Waals surface area contributed by atoms with Crippen LogP contribution in [0, 0.1) is 0 Å². The third-order valence-corrected chi connectivity index (χ3v) is 3.54. The number of aromatic nitrogens is 2. The zero-order chi connectivity index (χ0) is 11.3. The van der Waals surface area contributed by atoms with Gasteiger partial charge in [0, 0.05) is 29.6 Å². The second-order valence-corrected chi connectivity index (χ2v) is 4.95. The molecule has 1 atom stereocenters. The monoisotopic (exact) mass is 229 g/mol. The van der Waals surface area contributed by atoms with Crippen LogP contribution in [0.1, 0.15) is 25.2 Å². The Bertz CT molecular complexity index is 335. The first-order chi connectivity index (χ1) is 7.21. The first-order valence-corrected chi connectivity index (χ1v) is 6.80. The van der Waals surface area contributed by atoms with Crippen molar-refractivity contribution in [1.82, 2.24) is 9.78 Å². The van der Waals surface area contributed by atoms with Crippen molar-refractivity contribution < 1.29 is 4.21 Å². The van der Waals surface area contributed by atoms with Crippen LogP contribution in [0.15, 0.2) is 6.07 Å². The SMILES string of the molecule is CCc1cc(CS(=O)CCN)n(CC)n1. The second-order valence-electron chi connectivity index (χ2n) is 3.37. The molecule has 1 aromatic rings. The molecular formula is C10H19N3OS. The van der Waals surface area contributed by atoms with Gasteiger partial charge in [-0.1, -0.05) is 6.92 Å². The van der Waals surface area contributed by atoms with Gasteiger partial charge in [-0.15, -0.1) is 0 Å². The quantitative estimate of drug-likeness (QED) is 0.780. The third kappa shape index (κ3) is 3.43. The Kier molecular flexibility index (Phi) is 4.98. The number of aryl methyl sites for hydroxylation is 2. The Morgan fingerprint density at radius 1 is 1.53 bits per heavy atom. The zero-order valence-corrected chi connectivity index (χ0v) is 10.2. The molecule has 4 nitrogen and oxygen atoms in total. The van der Waals surface area contributed by atoms with Crippen LogP contribution >= 0.6 is 0 Å². The Labute approximate surface area is 93.3 Å². The summed E-state index contributed by atoms with van der Waals surface area (Å²) in [5.74, 6) is 1.13. The lowest BCUT2D eigenvalue weighted by Gasteiger charge is -2.03. The van der Waals surface area contributed by atoms with Gasteiger partial charge in [-0.3, -0.25) is 8.89 Å². The molecule has 0 saturated heterocycles. The smallest absolute Gasteiger partial charge is 0.0656 e. The highest BCUT2D eigenvalue weighted by atomic mass is 32.2. The fraction of sp³-hybridized carbons (Fsp3) is 0.700. The van der Waals surface area contributed by atoms with E-state index in [1.165, 1.54) is 0 Å². The minimum Gasteiger partial charge on any atom is -0.330 e. The van der Waals surface area contributed by atoms with E-state index in [0.717, 1.165) is 24.4 Å². The average Bonchev–Trinajstić information content (AvgIpc) is 2.60. The molecule has 1 rings (SSSR count). The number of rotatable bonds is 6. The summed E-state index contributed by atoms with van der Waals surface area (Å²) in [6.07, 6.45) is 0.920. The molecule has 0 amide bonds. The topological polar surface area (TPSA) is 60.9 Å². The molecule has 0 aliphatic rings. The minimum atomic E-state index is -0.857. The maximum absolute atomic E-state index is 11.6. The van der Waals surface area contributed by atoms with E-state index in [4.69, 9.17) is 5.73 Å². The van der Waals surface area contributed by atoms with E-state index in [1.807, 2.05) is 17.7 Å². The summed E-state index contributed by atoms with van der Waals surface area (Å²) >= 11 is 0. The molecule has 0 aromatic carbocycles. The lowest BCUT2D eigenvalue weighted by Crippen LogP contribution is -2.13. The molecule has 0 fully saturated rings. The van der Waals surface area contributed by atoms with Crippen LogP contribution in [0.2, 0.25) is 0 Å². The van der Waals surface area contributed by atoms with E-state index in [2.05, 4.69) is 12.0 Å². The molecule has 0 saturated carbocycles. The molecule has 1 heterocycles. The maximum Gasteiger partial charge on any atom is 0.0656 e. The standard InChI is InChI=1S/C10H19N3OS/c1-3-9-7-10(13(4-2)12-9)8-15(14)6-5-11/h7H,3-6,8,11H2,1-2H3. The van der Waals surface area contributed by atoms with E-state index in [1.54, 1.807) is 0 Å². The molecule has 15 heavy (non-hydrogen) atoms.